The SMILES string of the molecule is N=C(N)c1ccc2cc(Oc3ccc(NS(=O)(=O)c4cccc(Cl)c4Cl)cc3C(=O)O)ccc2c1. The Balaban J connectivity index is 1.64. The maximum atomic E-state index is 12.8. The molecule has 0 bridgehead atoms. The summed E-state index contributed by atoms with van der Waals surface area (Å²) < 4.78 is 33.6. The maximum absolute atomic E-state index is 12.8. The Kier molecular flexibility index (Phi) is 6.58. The van der Waals surface area contributed by atoms with Crippen molar-refractivity contribution in [3.63, 3.8) is 0 Å². The van der Waals surface area contributed by atoms with Crippen LogP contribution in [0.15, 0.2) is 77.7 Å². The Labute approximate surface area is 210 Å². The molecule has 4 rings (SSSR count). The lowest BCUT2D eigenvalue weighted by atomic mass is 10.1. The van der Waals surface area contributed by atoms with E-state index in [2.05, 4.69) is 4.72 Å². The van der Waals surface area contributed by atoms with Gasteiger partial charge in [0.25, 0.3) is 10.0 Å². The smallest absolute Gasteiger partial charge is 0.339 e. The third-order valence-corrected chi connectivity index (χ3v) is 7.37. The molecule has 4 aromatic rings. The molecule has 11 heteroatoms. The molecule has 0 aromatic heterocycles. The number of nitrogens with two attached hydrogens (primary N) is 1. The third-order valence-electron chi connectivity index (χ3n) is 5.02. The lowest BCUT2D eigenvalue weighted by Crippen LogP contribution is -2.14. The van der Waals surface area contributed by atoms with Gasteiger partial charge in [-0.1, -0.05) is 47.5 Å². The van der Waals surface area contributed by atoms with Gasteiger partial charge in [-0.3, -0.25) is 10.1 Å². The summed E-state index contributed by atoms with van der Waals surface area (Å²) in [5.74, 6) is -0.976. The number of fused-ring (bicyclic) bond motifs is 1. The van der Waals surface area contributed by atoms with Crippen molar-refractivity contribution >= 4 is 61.5 Å². The number of carboxylic acids is 1. The van der Waals surface area contributed by atoms with Crippen LogP contribution in [-0.4, -0.2) is 25.3 Å². The topological polar surface area (TPSA) is 143 Å². The van der Waals surface area contributed by atoms with Gasteiger partial charge in [-0.05, 0) is 59.3 Å². The molecule has 0 spiro atoms. The molecule has 0 aliphatic rings. The van der Waals surface area contributed by atoms with Gasteiger partial charge in [0.2, 0.25) is 0 Å². The van der Waals surface area contributed by atoms with Gasteiger partial charge < -0.3 is 15.6 Å². The molecule has 5 N–H and O–H groups in total. The van der Waals surface area contributed by atoms with Gasteiger partial charge in [-0.25, -0.2) is 13.2 Å². The number of nitrogen functional groups attached to an aromatic ring is 1. The molecule has 0 fully saturated rings. The minimum Gasteiger partial charge on any atom is -0.478 e. The van der Waals surface area contributed by atoms with E-state index >= 15 is 0 Å². The standard InChI is InChI=1S/C24H17Cl2N3O5S/c25-19-2-1-3-21(22(19)26)35(32,33)29-16-7-9-20(18(12-16)24(30)31)34-17-8-6-13-10-15(23(27)28)5-4-14(13)11-17/h1-12,29H,(H3,27,28)(H,30,31). The average molecular weight is 530 g/mol. The van der Waals surface area contributed by atoms with E-state index in [-0.39, 0.29) is 37.8 Å². The second kappa shape index (κ2) is 9.46. The first-order chi connectivity index (χ1) is 16.5. The molecule has 0 atom stereocenters. The zero-order valence-corrected chi connectivity index (χ0v) is 20.1. The van der Waals surface area contributed by atoms with E-state index in [4.69, 9.17) is 39.1 Å². The van der Waals surface area contributed by atoms with Gasteiger partial charge in [-0.2, -0.15) is 0 Å². The van der Waals surface area contributed by atoms with Crippen LogP contribution in [0.25, 0.3) is 10.8 Å². The number of hydrogen-bond donors (Lipinski definition) is 4. The molecule has 0 saturated carbocycles. The summed E-state index contributed by atoms with van der Waals surface area (Å²) in [4.78, 5) is 11.6. The first-order valence-corrected chi connectivity index (χ1v) is 12.2. The lowest BCUT2D eigenvalue weighted by Gasteiger charge is -2.13. The molecule has 0 aliphatic heterocycles. The summed E-state index contributed by atoms with van der Waals surface area (Å²) in [6.07, 6.45) is 0. The van der Waals surface area contributed by atoms with Crippen LogP contribution in [0.1, 0.15) is 15.9 Å². The van der Waals surface area contributed by atoms with Gasteiger partial charge >= 0.3 is 5.97 Å². The Morgan fingerprint density at radius 3 is 2.40 bits per heavy atom. The summed E-state index contributed by atoms with van der Waals surface area (Å²) >= 11 is 11.9. The summed E-state index contributed by atoms with van der Waals surface area (Å²) in [7, 11) is -4.14. The lowest BCUT2D eigenvalue weighted by molar-refractivity contribution is 0.0694. The molecule has 4 aromatic carbocycles. The maximum Gasteiger partial charge on any atom is 0.339 e. The molecule has 0 aliphatic carbocycles. The molecule has 35 heavy (non-hydrogen) atoms. The van der Waals surface area contributed by atoms with Crippen molar-refractivity contribution in [1.29, 1.82) is 5.41 Å². The summed E-state index contributed by atoms with van der Waals surface area (Å²) in [5.41, 5.74) is 5.85. The van der Waals surface area contributed by atoms with E-state index in [1.54, 1.807) is 36.4 Å². The molecular formula is C24H17Cl2N3O5S. The van der Waals surface area contributed by atoms with Crippen LogP contribution in [0.5, 0.6) is 11.5 Å². The van der Waals surface area contributed by atoms with Crippen LogP contribution < -0.4 is 15.2 Å². The number of benzene rings is 4. The predicted octanol–water partition coefficient (Wildman–Crippen LogP) is 5.72. The van der Waals surface area contributed by atoms with Crippen molar-refractivity contribution in [2.45, 2.75) is 4.90 Å². The van der Waals surface area contributed by atoms with Crippen LogP contribution in [0.2, 0.25) is 10.0 Å². The van der Waals surface area contributed by atoms with Gasteiger partial charge in [0, 0.05) is 11.3 Å². The Morgan fingerprint density at radius 2 is 1.69 bits per heavy atom. The molecular weight excluding hydrogens is 513 g/mol. The van der Waals surface area contributed by atoms with Crippen LogP contribution in [0.3, 0.4) is 0 Å². The first-order valence-electron chi connectivity index (χ1n) is 9.95. The highest BCUT2D eigenvalue weighted by atomic mass is 35.5. The Morgan fingerprint density at radius 1 is 0.971 bits per heavy atom. The Hall–Kier alpha value is -3.79. The number of carboxylic acid groups (broad SMARTS) is 1. The molecule has 0 radical (unpaired) electrons. The largest absolute Gasteiger partial charge is 0.478 e. The van der Waals surface area contributed by atoms with Crippen LogP contribution in [0, 0.1) is 5.41 Å². The van der Waals surface area contributed by atoms with Gasteiger partial charge in [-0.15, -0.1) is 0 Å². The van der Waals surface area contributed by atoms with E-state index in [0.717, 1.165) is 16.8 Å². The minimum atomic E-state index is -4.14. The fourth-order valence-corrected chi connectivity index (χ4v) is 5.15. The van der Waals surface area contributed by atoms with Crippen molar-refractivity contribution in [2.75, 3.05) is 4.72 Å². The average Bonchev–Trinajstić information content (AvgIpc) is 2.81. The van der Waals surface area contributed by atoms with E-state index in [9.17, 15) is 18.3 Å². The number of carbonyl (C=O) groups is 1. The van der Waals surface area contributed by atoms with Crippen molar-refractivity contribution in [3.05, 3.63) is 94.0 Å². The minimum absolute atomic E-state index is 0.000987. The molecule has 0 unspecified atom stereocenters. The molecule has 0 heterocycles. The quantitative estimate of drug-likeness (QED) is 0.178. The van der Waals surface area contributed by atoms with Crippen molar-refractivity contribution in [3.8, 4) is 11.5 Å². The highest BCUT2D eigenvalue weighted by molar-refractivity contribution is 7.92. The monoisotopic (exact) mass is 529 g/mol. The highest BCUT2D eigenvalue weighted by Crippen LogP contribution is 2.33. The van der Waals surface area contributed by atoms with Crippen molar-refractivity contribution in [1.82, 2.24) is 0 Å². The Bertz CT molecular complexity index is 1610. The number of amidine groups is 1. The number of aromatic carboxylic acids is 1. The summed E-state index contributed by atoms with van der Waals surface area (Å²) in [6, 6.07) is 18.4. The van der Waals surface area contributed by atoms with Gasteiger partial charge in [0.15, 0.2) is 0 Å². The van der Waals surface area contributed by atoms with E-state index in [1.165, 1.54) is 30.3 Å². The molecule has 0 saturated heterocycles. The number of sulfonamides is 1. The third kappa shape index (κ3) is 5.17. The predicted molar refractivity (Wildman–Crippen MR) is 136 cm³/mol. The van der Waals surface area contributed by atoms with Crippen molar-refractivity contribution in [2.24, 2.45) is 5.73 Å². The van der Waals surface area contributed by atoms with E-state index in [1.807, 2.05) is 0 Å². The molecule has 8 nitrogen and oxygen atoms in total. The number of halogens is 2. The zero-order chi connectivity index (χ0) is 25.3. The fraction of sp³-hybridized carbons (Fsp3) is 0. The summed E-state index contributed by atoms with van der Waals surface area (Å²) in [5, 5.41) is 18.8. The number of rotatable bonds is 7. The van der Waals surface area contributed by atoms with E-state index in [0.29, 0.717) is 11.3 Å². The van der Waals surface area contributed by atoms with E-state index < -0.39 is 16.0 Å². The number of hydrogen-bond acceptors (Lipinski definition) is 5. The zero-order valence-electron chi connectivity index (χ0n) is 17.7. The number of nitrogens with one attached hydrogen (secondary N) is 2. The second-order valence-electron chi connectivity index (χ2n) is 7.41. The fourth-order valence-electron chi connectivity index (χ4n) is 3.33. The normalized spacial score (nSPS) is 11.3. The van der Waals surface area contributed by atoms with Crippen molar-refractivity contribution < 1.29 is 23.1 Å². The van der Waals surface area contributed by atoms with Gasteiger partial charge in [0.05, 0.1) is 10.0 Å². The first kappa shape index (κ1) is 24.3. The second-order valence-corrected chi connectivity index (χ2v) is 9.85. The molecule has 0 amide bonds. The summed E-state index contributed by atoms with van der Waals surface area (Å²) in [6.45, 7) is 0. The van der Waals surface area contributed by atoms with Gasteiger partial charge in [0.1, 0.15) is 27.8 Å². The number of ether oxygens (including phenoxy) is 1. The highest BCUT2D eigenvalue weighted by Gasteiger charge is 2.21. The number of anilines is 1. The molecule has 178 valence electrons. The van der Waals surface area contributed by atoms with Crippen LogP contribution in [0.4, 0.5) is 5.69 Å². The van der Waals surface area contributed by atoms with Crippen LogP contribution in [-0.2, 0) is 10.0 Å². The van der Waals surface area contributed by atoms with Crippen LogP contribution >= 0.6 is 23.2 Å².